The summed E-state index contributed by atoms with van der Waals surface area (Å²) in [5.41, 5.74) is 0. The molecular formula is C5H12NO2. The zero-order chi connectivity index (χ0) is 6.24. The average molecular weight is 118 g/mol. The zero-order valence-electron chi connectivity index (χ0n) is 4.89. The fourth-order valence-electron chi connectivity index (χ4n) is 0.401. The molecule has 8 heavy (non-hydrogen) atoms. The minimum Gasteiger partial charge on any atom is -0.395 e. The van der Waals surface area contributed by atoms with Gasteiger partial charge in [0.25, 0.3) is 0 Å². The zero-order valence-corrected chi connectivity index (χ0v) is 4.89. The molecule has 0 amide bonds. The Morgan fingerprint density at radius 3 is 2.62 bits per heavy atom. The van der Waals surface area contributed by atoms with E-state index in [0.29, 0.717) is 13.0 Å². The van der Waals surface area contributed by atoms with Crippen LogP contribution < -0.4 is 5.32 Å². The molecule has 0 unspecified atom stereocenters. The number of aliphatic hydroxyl groups excluding tert-OH is 1. The highest BCUT2D eigenvalue weighted by Crippen LogP contribution is 1.69. The van der Waals surface area contributed by atoms with Crippen molar-refractivity contribution < 1.29 is 10.2 Å². The summed E-state index contributed by atoms with van der Waals surface area (Å²) in [6.45, 7) is 1.45. The van der Waals surface area contributed by atoms with Crippen LogP contribution in [0.25, 0.3) is 0 Å². The van der Waals surface area contributed by atoms with E-state index < -0.39 is 0 Å². The maximum Gasteiger partial charge on any atom is 0.0834 e. The van der Waals surface area contributed by atoms with Gasteiger partial charge in [-0.05, 0) is 13.0 Å². The van der Waals surface area contributed by atoms with E-state index in [0.717, 1.165) is 6.54 Å². The molecular weight excluding hydrogens is 106 g/mol. The van der Waals surface area contributed by atoms with Crippen molar-refractivity contribution in [3.63, 3.8) is 0 Å². The molecule has 0 heterocycles. The fourth-order valence-corrected chi connectivity index (χ4v) is 0.401. The minimum atomic E-state index is -0.0293. The maximum absolute atomic E-state index is 9.79. The maximum atomic E-state index is 9.79. The molecule has 1 radical (unpaired) electrons. The molecule has 0 bridgehead atoms. The Morgan fingerprint density at radius 1 is 1.38 bits per heavy atom. The van der Waals surface area contributed by atoms with Gasteiger partial charge in [0.2, 0.25) is 0 Å². The Labute approximate surface area is 49.3 Å². The van der Waals surface area contributed by atoms with Crippen LogP contribution in [0.3, 0.4) is 0 Å². The molecule has 0 atom stereocenters. The van der Waals surface area contributed by atoms with E-state index in [-0.39, 0.29) is 13.2 Å². The van der Waals surface area contributed by atoms with Crippen molar-refractivity contribution >= 4 is 0 Å². The number of rotatable bonds is 5. The standard InChI is InChI=1S/C5H12NO2/c7-4-1-2-6-3-5-8/h6,8H,1-5H2. The van der Waals surface area contributed by atoms with Crippen LogP contribution in [0.4, 0.5) is 0 Å². The third kappa shape index (κ3) is 5.88. The molecule has 3 nitrogen and oxygen atoms in total. The molecule has 0 aromatic rings. The van der Waals surface area contributed by atoms with Gasteiger partial charge in [-0.2, -0.15) is 0 Å². The van der Waals surface area contributed by atoms with Gasteiger partial charge in [-0.3, -0.25) is 0 Å². The predicted octanol–water partition coefficient (Wildman–Crippen LogP) is -0.611. The van der Waals surface area contributed by atoms with Gasteiger partial charge >= 0.3 is 0 Å². The first-order valence-corrected chi connectivity index (χ1v) is 2.81. The molecule has 0 rings (SSSR count). The topological polar surface area (TPSA) is 52.2 Å². The van der Waals surface area contributed by atoms with Crippen molar-refractivity contribution in [3.8, 4) is 0 Å². The second-order valence-electron chi connectivity index (χ2n) is 1.53. The van der Waals surface area contributed by atoms with Crippen molar-refractivity contribution in [2.75, 3.05) is 26.3 Å². The predicted molar refractivity (Wildman–Crippen MR) is 30.1 cm³/mol. The molecule has 0 aromatic carbocycles. The first kappa shape index (κ1) is 7.88. The normalized spacial score (nSPS) is 9.75. The summed E-state index contributed by atoms with van der Waals surface area (Å²) in [4.78, 5) is 0. The van der Waals surface area contributed by atoms with E-state index in [2.05, 4.69) is 5.32 Å². The lowest BCUT2D eigenvalue weighted by Crippen LogP contribution is -2.19. The van der Waals surface area contributed by atoms with Gasteiger partial charge < -0.3 is 10.4 Å². The summed E-state index contributed by atoms with van der Waals surface area (Å²) in [5, 5.41) is 20.9. The number of hydrogen-bond donors (Lipinski definition) is 2. The van der Waals surface area contributed by atoms with Gasteiger partial charge in [0, 0.05) is 6.54 Å². The molecule has 2 N–H and O–H groups in total. The molecule has 49 valence electrons. The Hall–Kier alpha value is -0.120. The Bertz CT molecular complexity index is 35.4. The van der Waals surface area contributed by atoms with Gasteiger partial charge in [0.1, 0.15) is 0 Å². The molecule has 0 saturated carbocycles. The molecule has 3 heteroatoms. The van der Waals surface area contributed by atoms with Crippen molar-refractivity contribution in [2.24, 2.45) is 0 Å². The fraction of sp³-hybridized carbons (Fsp3) is 1.00. The van der Waals surface area contributed by atoms with Gasteiger partial charge in [0.15, 0.2) is 0 Å². The molecule has 0 aliphatic rings. The van der Waals surface area contributed by atoms with E-state index in [1.54, 1.807) is 0 Å². The lowest BCUT2D eigenvalue weighted by Gasteiger charge is -1.96. The quantitative estimate of drug-likeness (QED) is 0.473. The summed E-state index contributed by atoms with van der Waals surface area (Å²) >= 11 is 0. The second-order valence-corrected chi connectivity index (χ2v) is 1.53. The number of nitrogens with one attached hydrogen (secondary N) is 1. The van der Waals surface area contributed by atoms with E-state index in [1.807, 2.05) is 0 Å². The monoisotopic (exact) mass is 118 g/mol. The summed E-state index contributed by atoms with van der Waals surface area (Å²) in [6, 6.07) is 0. The highest BCUT2D eigenvalue weighted by Gasteiger charge is 1.82. The highest BCUT2D eigenvalue weighted by atomic mass is 16.3. The van der Waals surface area contributed by atoms with Gasteiger partial charge in [-0.15, -0.1) is 0 Å². The van der Waals surface area contributed by atoms with Crippen LogP contribution in [-0.2, 0) is 5.11 Å². The molecule has 0 aliphatic carbocycles. The first-order valence-electron chi connectivity index (χ1n) is 2.81. The summed E-state index contributed by atoms with van der Waals surface area (Å²) < 4.78 is 0. The second kappa shape index (κ2) is 6.88. The van der Waals surface area contributed by atoms with Crippen molar-refractivity contribution in [3.05, 3.63) is 0 Å². The van der Waals surface area contributed by atoms with E-state index in [1.165, 1.54) is 0 Å². The summed E-state index contributed by atoms with van der Waals surface area (Å²) in [5.74, 6) is 0. The molecule has 0 aliphatic heterocycles. The van der Waals surface area contributed by atoms with Crippen LogP contribution in [0.5, 0.6) is 0 Å². The number of aliphatic hydroxyl groups is 1. The largest absolute Gasteiger partial charge is 0.395 e. The van der Waals surface area contributed by atoms with E-state index in [9.17, 15) is 5.11 Å². The first-order chi connectivity index (χ1) is 3.91. The molecule has 0 spiro atoms. The smallest absolute Gasteiger partial charge is 0.0834 e. The van der Waals surface area contributed by atoms with Gasteiger partial charge in [-0.1, -0.05) is 0 Å². The lowest BCUT2D eigenvalue weighted by molar-refractivity contribution is 0.187. The van der Waals surface area contributed by atoms with Crippen LogP contribution in [0.1, 0.15) is 6.42 Å². The van der Waals surface area contributed by atoms with Crippen LogP contribution in [-0.4, -0.2) is 31.4 Å². The Morgan fingerprint density at radius 2 is 2.12 bits per heavy atom. The van der Waals surface area contributed by atoms with Crippen LogP contribution in [0.2, 0.25) is 0 Å². The van der Waals surface area contributed by atoms with Crippen molar-refractivity contribution in [2.45, 2.75) is 6.42 Å². The Balaban J connectivity index is 2.53. The van der Waals surface area contributed by atoms with Crippen molar-refractivity contribution in [1.29, 1.82) is 0 Å². The minimum absolute atomic E-state index is 0.0293. The molecule has 0 fully saturated rings. The average Bonchev–Trinajstić information content (AvgIpc) is 1.81. The number of hydrogen-bond acceptors (Lipinski definition) is 2. The Kier molecular flexibility index (Phi) is 6.78. The molecule has 0 aromatic heterocycles. The third-order valence-electron chi connectivity index (χ3n) is 0.786. The molecule has 0 saturated heterocycles. The van der Waals surface area contributed by atoms with Crippen LogP contribution in [0, 0.1) is 0 Å². The van der Waals surface area contributed by atoms with E-state index in [4.69, 9.17) is 5.11 Å². The lowest BCUT2D eigenvalue weighted by atomic mass is 10.4. The third-order valence-corrected chi connectivity index (χ3v) is 0.786. The van der Waals surface area contributed by atoms with Gasteiger partial charge in [-0.25, -0.2) is 5.11 Å². The van der Waals surface area contributed by atoms with E-state index >= 15 is 0 Å². The van der Waals surface area contributed by atoms with Crippen LogP contribution >= 0.6 is 0 Å². The summed E-state index contributed by atoms with van der Waals surface area (Å²) in [6.07, 6.45) is 0.653. The highest BCUT2D eigenvalue weighted by molar-refractivity contribution is 4.42. The SMILES string of the molecule is [O]CCCNCCO. The van der Waals surface area contributed by atoms with Gasteiger partial charge in [0.05, 0.1) is 13.2 Å². The summed E-state index contributed by atoms with van der Waals surface area (Å²) in [7, 11) is 0. The van der Waals surface area contributed by atoms with Crippen LogP contribution in [0.15, 0.2) is 0 Å². The van der Waals surface area contributed by atoms with Crippen molar-refractivity contribution in [1.82, 2.24) is 5.32 Å².